The fourth-order valence-electron chi connectivity index (χ4n) is 1.10. The van der Waals surface area contributed by atoms with E-state index < -0.39 is 7.12 Å². The van der Waals surface area contributed by atoms with Gasteiger partial charge in [0.1, 0.15) is 5.69 Å². The van der Waals surface area contributed by atoms with E-state index in [1.165, 1.54) is 6.20 Å². The second kappa shape index (κ2) is 3.61. The van der Waals surface area contributed by atoms with Crippen LogP contribution in [0.2, 0.25) is 0 Å². The molecule has 2 rings (SSSR count). The van der Waals surface area contributed by atoms with Crippen molar-refractivity contribution in [2.24, 2.45) is 0 Å². The molecule has 0 fully saturated rings. The summed E-state index contributed by atoms with van der Waals surface area (Å²) in [5.74, 6) is 0.656. The summed E-state index contributed by atoms with van der Waals surface area (Å²) < 4.78 is 0. The van der Waals surface area contributed by atoms with Gasteiger partial charge in [-0.3, -0.25) is 4.98 Å². The van der Waals surface area contributed by atoms with E-state index in [0.29, 0.717) is 17.0 Å². The fraction of sp³-hybridized carbons (Fsp3) is 0. The number of nitrogens with one attached hydrogen (secondary N) is 1. The Labute approximate surface area is 80.6 Å². The van der Waals surface area contributed by atoms with Crippen molar-refractivity contribution >= 4 is 12.6 Å². The second-order valence-electron chi connectivity index (χ2n) is 2.79. The van der Waals surface area contributed by atoms with Crippen molar-refractivity contribution in [3.63, 3.8) is 0 Å². The molecule has 0 bridgehead atoms. The van der Waals surface area contributed by atoms with Crippen LogP contribution >= 0.6 is 0 Å². The van der Waals surface area contributed by atoms with Gasteiger partial charge in [0, 0.05) is 24.1 Å². The molecular formula is C8H8BN3O2. The van der Waals surface area contributed by atoms with Gasteiger partial charge in [-0.2, -0.15) is 0 Å². The van der Waals surface area contributed by atoms with Crippen LogP contribution in [0.5, 0.6) is 0 Å². The van der Waals surface area contributed by atoms with E-state index in [2.05, 4.69) is 15.0 Å². The highest BCUT2D eigenvalue weighted by atomic mass is 16.4. The molecule has 0 aliphatic heterocycles. The van der Waals surface area contributed by atoms with Crippen LogP contribution in [0.3, 0.4) is 0 Å². The van der Waals surface area contributed by atoms with Crippen molar-refractivity contribution in [1.29, 1.82) is 0 Å². The number of imidazole rings is 1. The highest BCUT2D eigenvalue weighted by Crippen LogP contribution is 2.07. The SMILES string of the molecule is OB(O)c1ccc(-c2ncc[nH]2)nc1. The van der Waals surface area contributed by atoms with Crippen LogP contribution in [0.4, 0.5) is 0 Å². The van der Waals surface area contributed by atoms with E-state index >= 15 is 0 Å². The quantitative estimate of drug-likeness (QED) is 0.537. The van der Waals surface area contributed by atoms with Gasteiger partial charge in [0.25, 0.3) is 0 Å². The number of hydrogen-bond donors (Lipinski definition) is 3. The Morgan fingerprint density at radius 1 is 1.21 bits per heavy atom. The molecule has 2 aromatic heterocycles. The molecule has 5 nitrogen and oxygen atoms in total. The molecule has 0 aliphatic carbocycles. The molecule has 0 radical (unpaired) electrons. The maximum atomic E-state index is 8.84. The van der Waals surface area contributed by atoms with Crippen molar-refractivity contribution in [3.05, 3.63) is 30.7 Å². The molecule has 0 atom stereocenters. The zero-order valence-corrected chi connectivity index (χ0v) is 7.25. The van der Waals surface area contributed by atoms with Gasteiger partial charge in [-0.25, -0.2) is 4.98 Å². The van der Waals surface area contributed by atoms with Gasteiger partial charge in [0.2, 0.25) is 0 Å². The van der Waals surface area contributed by atoms with Crippen LogP contribution in [0.25, 0.3) is 11.5 Å². The largest absolute Gasteiger partial charge is 0.490 e. The van der Waals surface area contributed by atoms with E-state index in [1.54, 1.807) is 24.5 Å². The molecule has 70 valence electrons. The van der Waals surface area contributed by atoms with Gasteiger partial charge in [0.05, 0.1) is 0 Å². The first kappa shape index (κ1) is 8.92. The first-order valence-corrected chi connectivity index (χ1v) is 4.09. The van der Waals surface area contributed by atoms with Crippen molar-refractivity contribution in [2.75, 3.05) is 0 Å². The van der Waals surface area contributed by atoms with Gasteiger partial charge >= 0.3 is 7.12 Å². The Morgan fingerprint density at radius 3 is 2.57 bits per heavy atom. The number of hydrogen-bond acceptors (Lipinski definition) is 4. The van der Waals surface area contributed by atoms with Crippen molar-refractivity contribution in [3.8, 4) is 11.5 Å². The topological polar surface area (TPSA) is 82.0 Å². The van der Waals surface area contributed by atoms with Crippen LogP contribution in [0.15, 0.2) is 30.7 Å². The fourth-order valence-corrected chi connectivity index (χ4v) is 1.10. The normalized spacial score (nSPS) is 10.1. The molecule has 2 heterocycles. The minimum absolute atomic E-state index is 0.361. The molecule has 0 unspecified atom stereocenters. The molecule has 0 aromatic carbocycles. The molecule has 14 heavy (non-hydrogen) atoms. The summed E-state index contributed by atoms with van der Waals surface area (Å²) in [5.41, 5.74) is 1.03. The van der Waals surface area contributed by atoms with Crippen molar-refractivity contribution < 1.29 is 10.0 Å². The van der Waals surface area contributed by atoms with Crippen LogP contribution in [0, 0.1) is 0 Å². The Hall–Kier alpha value is -1.66. The van der Waals surface area contributed by atoms with E-state index in [4.69, 9.17) is 10.0 Å². The zero-order valence-electron chi connectivity index (χ0n) is 7.25. The first-order valence-electron chi connectivity index (χ1n) is 4.09. The predicted molar refractivity (Wildman–Crippen MR) is 51.6 cm³/mol. The van der Waals surface area contributed by atoms with Gasteiger partial charge in [0.15, 0.2) is 5.82 Å². The summed E-state index contributed by atoms with van der Waals surface area (Å²) in [7, 11) is -1.48. The molecule has 0 amide bonds. The minimum Gasteiger partial charge on any atom is -0.423 e. The van der Waals surface area contributed by atoms with E-state index in [0.717, 1.165) is 0 Å². The highest BCUT2D eigenvalue weighted by Gasteiger charge is 2.11. The Kier molecular flexibility index (Phi) is 2.30. The van der Waals surface area contributed by atoms with Gasteiger partial charge < -0.3 is 15.0 Å². The van der Waals surface area contributed by atoms with Crippen LogP contribution < -0.4 is 5.46 Å². The summed E-state index contributed by atoms with van der Waals surface area (Å²) in [6, 6.07) is 3.27. The lowest BCUT2D eigenvalue weighted by atomic mass is 9.82. The Bertz CT molecular complexity index is 399. The molecule has 0 aliphatic rings. The predicted octanol–water partition coefficient (Wildman–Crippen LogP) is -0.849. The first-order chi connectivity index (χ1) is 6.77. The Balaban J connectivity index is 2.31. The zero-order chi connectivity index (χ0) is 9.97. The van der Waals surface area contributed by atoms with Gasteiger partial charge in [-0.1, -0.05) is 6.07 Å². The molecule has 2 aromatic rings. The molecular weight excluding hydrogens is 181 g/mol. The lowest BCUT2D eigenvalue weighted by Gasteiger charge is -1.99. The molecule has 0 saturated heterocycles. The number of rotatable bonds is 2. The number of aromatic amines is 1. The molecule has 6 heteroatoms. The summed E-state index contributed by atoms with van der Waals surface area (Å²) in [5, 5.41) is 17.7. The molecule has 0 spiro atoms. The summed E-state index contributed by atoms with van der Waals surface area (Å²) in [6.07, 6.45) is 4.74. The van der Waals surface area contributed by atoms with Crippen molar-refractivity contribution in [1.82, 2.24) is 15.0 Å². The molecule has 0 saturated carbocycles. The third kappa shape index (κ3) is 1.66. The van der Waals surface area contributed by atoms with Crippen LogP contribution in [-0.4, -0.2) is 32.1 Å². The van der Waals surface area contributed by atoms with E-state index in [-0.39, 0.29) is 0 Å². The number of H-pyrrole nitrogens is 1. The summed E-state index contributed by atoms with van der Waals surface area (Å²) in [4.78, 5) is 11.0. The maximum absolute atomic E-state index is 8.84. The van der Waals surface area contributed by atoms with Gasteiger partial charge in [-0.15, -0.1) is 0 Å². The standard InChI is InChI=1S/C8H8BN3O2/c13-9(14)6-1-2-7(12-5-6)8-10-3-4-11-8/h1-5,13-14H,(H,10,11). The minimum atomic E-state index is -1.48. The van der Waals surface area contributed by atoms with E-state index in [1.807, 2.05) is 0 Å². The van der Waals surface area contributed by atoms with Gasteiger partial charge in [-0.05, 0) is 6.07 Å². The van der Waals surface area contributed by atoms with Crippen LogP contribution in [0.1, 0.15) is 0 Å². The third-order valence-electron chi connectivity index (χ3n) is 1.83. The lowest BCUT2D eigenvalue weighted by molar-refractivity contribution is 0.425. The average molecular weight is 189 g/mol. The second-order valence-corrected chi connectivity index (χ2v) is 2.79. The highest BCUT2D eigenvalue weighted by molar-refractivity contribution is 6.58. The van der Waals surface area contributed by atoms with Crippen LogP contribution in [-0.2, 0) is 0 Å². The number of nitrogens with zero attached hydrogens (tertiary/aromatic N) is 2. The average Bonchev–Trinajstić information content (AvgIpc) is 2.71. The third-order valence-corrected chi connectivity index (χ3v) is 1.83. The maximum Gasteiger partial charge on any atom is 0.490 e. The monoisotopic (exact) mass is 189 g/mol. The van der Waals surface area contributed by atoms with Crippen molar-refractivity contribution in [2.45, 2.75) is 0 Å². The Morgan fingerprint density at radius 2 is 2.07 bits per heavy atom. The summed E-state index contributed by atoms with van der Waals surface area (Å²) in [6.45, 7) is 0. The number of aromatic nitrogens is 3. The molecule has 3 N–H and O–H groups in total. The number of pyridine rings is 1. The smallest absolute Gasteiger partial charge is 0.423 e. The summed E-state index contributed by atoms with van der Waals surface area (Å²) >= 11 is 0. The van der Waals surface area contributed by atoms with E-state index in [9.17, 15) is 0 Å². The lowest BCUT2D eigenvalue weighted by Crippen LogP contribution is -2.29.